The molecule has 1 fully saturated rings. The molecule has 1 unspecified atom stereocenters. The maximum absolute atomic E-state index is 5.41. The molecule has 3 nitrogen and oxygen atoms in total. The molecule has 0 amide bonds. The van der Waals surface area contributed by atoms with Crippen LogP contribution in [0.15, 0.2) is 29.1 Å². The van der Waals surface area contributed by atoms with E-state index in [2.05, 4.69) is 31.7 Å². The van der Waals surface area contributed by atoms with E-state index < -0.39 is 0 Å². The number of ether oxygens (including phenoxy) is 1. The van der Waals surface area contributed by atoms with Crippen molar-refractivity contribution in [3.05, 3.63) is 29.1 Å². The zero-order chi connectivity index (χ0) is 10.3. The summed E-state index contributed by atoms with van der Waals surface area (Å²) in [7, 11) is 0. The van der Waals surface area contributed by atoms with Gasteiger partial charge in [0.25, 0.3) is 0 Å². The predicted molar refractivity (Wildman–Crippen MR) is 61.9 cm³/mol. The van der Waals surface area contributed by atoms with Gasteiger partial charge in [-0.3, -0.25) is 4.98 Å². The van der Waals surface area contributed by atoms with E-state index in [1.807, 2.05) is 18.5 Å². The van der Waals surface area contributed by atoms with Gasteiger partial charge in [0.15, 0.2) is 0 Å². The molecule has 0 aromatic carbocycles. The Labute approximate surface area is 96.2 Å². The Hall–Kier alpha value is -0.870. The van der Waals surface area contributed by atoms with Gasteiger partial charge in [-0.1, -0.05) is 0 Å². The summed E-state index contributed by atoms with van der Waals surface area (Å²) in [6, 6.07) is 2.49. The molecule has 0 aliphatic carbocycles. The number of halogens is 1. The first-order valence-corrected chi connectivity index (χ1v) is 5.83. The Morgan fingerprint density at radius 1 is 1.53 bits per heavy atom. The Morgan fingerprint density at radius 3 is 3.27 bits per heavy atom. The molecule has 0 radical (unpaired) electrons. The van der Waals surface area contributed by atoms with E-state index in [0.29, 0.717) is 6.04 Å². The Kier molecular flexibility index (Phi) is 2.25. The van der Waals surface area contributed by atoms with Crippen LogP contribution in [0.4, 0.5) is 0 Å². The van der Waals surface area contributed by atoms with Gasteiger partial charge in [0.05, 0.1) is 24.4 Å². The van der Waals surface area contributed by atoms with E-state index in [9.17, 15) is 0 Å². The number of aromatic nitrogens is 2. The van der Waals surface area contributed by atoms with Gasteiger partial charge in [-0.15, -0.1) is 0 Å². The van der Waals surface area contributed by atoms with Crippen LogP contribution in [0.1, 0.15) is 12.5 Å². The lowest BCUT2D eigenvalue weighted by molar-refractivity contribution is 0.187. The van der Waals surface area contributed by atoms with Gasteiger partial charge in [-0.05, 0) is 28.4 Å². The average molecular weight is 267 g/mol. The molecule has 4 heteroatoms. The number of rotatable bonds is 1. The quantitative estimate of drug-likeness (QED) is 0.794. The van der Waals surface area contributed by atoms with Crippen molar-refractivity contribution >= 4 is 26.8 Å². The maximum atomic E-state index is 5.41. The summed E-state index contributed by atoms with van der Waals surface area (Å²) in [4.78, 5) is 4.18. The van der Waals surface area contributed by atoms with Crippen LogP contribution < -0.4 is 0 Å². The third-order valence-electron chi connectivity index (χ3n) is 2.89. The molecular weight excluding hydrogens is 256 g/mol. The van der Waals surface area contributed by atoms with Crippen LogP contribution in [0.3, 0.4) is 0 Å². The highest BCUT2D eigenvalue weighted by molar-refractivity contribution is 9.10. The van der Waals surface area contributed by atoms with Crippen LogP contribution in [0.5, 0.6) is 0 Å². The predicted octanol–water partition coefficient (Wildman–Crippen LogP) is 2.76. The number of hydrogen-bond donors (Lipinski definition) is 0. The van der Waals surface area contributed by atoms with Crippen LogP contribution in [-0.4, -0.2) is 22.8 Å². The summed E-state index contributed by atoms with van der Waals surface area (Å²) >= 11 is 3.58. The Bertz CT molecular complexity index is 488. The molecule has 1 aliphatic rings. The molecule has 3 rings (SSSR count). The zero-order valence-electron chi connectivity index (χ0n) is 8.19. The minimum absolute atomic E-state index is 0.461. The summed E-state index contributed by atoms with van der Waals surface area (Å²) in [5, 5.41) is 1.22. The molecule has 2 aromatic rings. The Morgan fingerprint density at radius 2 is 2.47 bits per heavy atom. The van der Waals surface area contributed by atoms with Gasteiger partial charge >= 0.3 is 0 Å². The minimum atomic E-state index is 0.461. The van der Waals surface area contributed by atoms with Gasteiger partial charge in [0.2, 0.25) is 0 Å². The zero-order valence-corrected chi connectivity index (χ0v) is 9.77. The van der Waals surface area contributed by atoms with Crippen molar-refractivity contribution in [2.75, 3.05) is 13.2 Å². The van der Waals surface area contributed by atoms with E-state index in [1.165, 1.54) is 10.9 Å². The summed E-state index contributed by atoms with van der Waals surface area (Å²) in [6.07, 6.45) is 6.96. The second kappa shape index (κ2) is 3.61. The molecule has 78 valence electrons. The monoisotopic (exact) mass is 266 g/mol. The van der Waals surface area contributed by atoms with Crippen LogP contribution in [-0.2, 0) is 4.74 Å². The average Bonchev–Trinajstić information content (AvgIpc) is 2.87. The summed E-state index contributed by atoms with van der Waals surface area (Å²) in [5.41, 5.74) is 1.18. The maximum Gasteiger partial charge on any atom is 0.0681 e. The second-order valence-electron chi connectivity index (χ2n) is 3.79. The topological polar surface area (TPSA) is 27.1 Å². The first-order valence-electron chi connectivity index (χ1n) is 5.04. The van der Waals surface area contributed by atoms with Crippen LogP contribution in [0, 0.1) is 0 Å². The van der Waals surface area contributed by atoms with E-state index in [1.54, 1.807) is 0 Å². The van der Waals surface area contributed by atoms with Crippen molar-refractivity contribution in [3.63, 3.8) is 0 Å². The molecule has 15 heavy (non-hydrogen) atoms. The molecule has 0 saturated carbocycles. The third kappa shape index (κ3) is 1.48. The smallest absolute Gasteiger partial charge is 0.0681 e. The van der Waals surface area contributed by atoms with Crippen LogP contribution in [0.25, 0.3) is 10.9 Å². The molecule has 2 aromatic heterocycles. The lowest BCUT2D eigenvalue weighted by Gasteiger charge is -2.10. The standard InChI is InChI=1S/C11H11BrN2O/c12-10-6-14(8-2-4-15-7-8)11-5-13-3-1-9(10)11/h1,3,5-6,8H,2,4,7H2. The van der Waals surface area contributed by atoms with Crippen LogP contribution in [0.2, 0.25) is 0 Å². The Balaban J connectivity index is 2.17. The largest absolute Gasteiger partial charge is 0.379 e. The molecule has 3 heterocycles. The van der Waals surface area contributed by atoms with Crippen molar-refractivity contribution in [2.45, 2.75) is 12.5 Å². The normalized spacial score (nSPS) is 21.3. The lowest BCUT2D eigenvalue weighted by Crippen LogP contribution is -2.06. The van der Waals surface area contributed by atoms with E-state index >= 15 is 0 Å². The number of pyridine rings is 1. The van der Waals surface area contributed by atoms with Gasteiger partial charge in [0, 0.05) is 28.9 Å². The molecule has 1 atom stereocenters. The fraction of sp³-hybridized carbons (Fsp3) is 0.364. The van der Waals surface area contributed by atoms with Crippen molar-refractivity contribution in [2.24, 2.45) is 0 Å². The highest BCUT2D eigenvalue weighted by atomic mass is 79.9. The van der Waals surface area contributed by atoms with E-state index in [-0.39, 0.29) is 0 Å². The SMILES string of the molecule is Brc1cn(C2CCOC2)c2cnccc12. The summed E-state index contributed by atoms with van der Waals surface area (Å²) < 4.78 is 8.81. The molecular formula is C11H11BrN2O. The molecule has 0 spiro atoms. The van der Waals surface area contributed by atoms with Crippen molar-refractivity contribution in [3.8, 4) is 0 Å². The molecule has 0 N–H and O–H groups in total. The van der Waals surface area contributed by atoms with Gasteiger partial charge < -0.3 is 9.30 Å². The number of hydrogen-bond acceptors (Lipinski definition) is 2. The van der Waals surface area contributed by atoms with Crippen LogP contribution >= 0.6 is 15.9 Å². The number of nitrogens with zero attached hydrogens (tertiary/aromatic N) is 2. The van der Waals surface area contributed by atoms with Crippen molar-refractivity contribution in [1.82, 2.24) is 9.55 Å². The second-order valence-corrected chi connectivity index (χ2v) is 4.65. The molecule has 1 saturated heterocycles. The van der Waals surface area contributed by atoms with Gasteiger partial charge in [-0.25, -0.2) is 0 Å². The van der Waals surface area contributed by atoms with E-state index in [0.717, 1.165) is 24.1 Å². The highest BCUT2D eigenvalue weighted by Gasteiger charge is 2.19. The van der Waals surface area contributed by atoms with Crippen molar-refractivity contribution < 1.29 is 4.74 Å². The van der Waals surface area contributed by atoms with E-state index in [4.69, 9.17) is 4.74 Å². The first kappa shape index (κ1) is 9.36. The number of fused-ring (bicyclic) bond motifs is 1. The fourth-order valence-electron chi connectivity index (χ4n) is 2.10. The lowest BCUT2D eigenvalue weighted by atomic mass is 10.2. The third-order valence-corrected chi connectivity index (χ3v) is 3.52. The fourth-order valence-corrected chi connectivity index (χ4v) is 2.65. The first-order chi connectivity index (χ1) is 7.36. The van der Waals surface area contributed by atoms with Gasteiger partial charge in [0.1, 0.15) is 0 Å². The molecule has 1 aliphatic heterocycles. The summed E-state index contributed by atoms with van der Waals surface area (Å²) in [5.74, 6) is 0. The molecule has 0 bridgehead atoms. The minimum Gasteiger partial charge on any atom is -0.379 e. The highest BCUT2D eigenvalue weighted by Crippen LogP contribution is 2.30. The van der Waals surface area contributed by atoms with Crippen molar-refractivity contribution in [1.29, 1.82) is 0 Å². The van der Waals surface area contributed by atoms with Gasteiger partial charge in [-0.2, -0.15) is 0 Å². The summed E-state index contributed by atoms with van der Waals surface area (Å²) in [6.45, 7) is 1.67.